The van der Waals surface area contributed by atoms with E-state index in [1.165, 1.54) is 6.07 Å². The zero-order valence-corrected chi connectivity index (χ0v) is 15.2. The van der Waals surface area contributed by atoms with Crippen LogP contribution in [0.3, 0.4) is 0 Å². The van der Waals surface area contributed by atoms with Crippen LogP contribution in [0.1, 0.15) is 0 Å². The molecular formula is C20H15F2NOS2. The van der Waals surface area contributed by atoms with Crippen LogP contribution in [0.2, 0.25) is 0 Å². The smallest absolute Gasteiger partial charge is 0.234 e. The minimum absolute atomic E-state index is 0.107. The summed E-state index contributed by atoms with van der Waals surface area (Å²) in [5, 5.41) is 2.88. The summed E-state index contributed by atoms with van der Waals surface area (Å²) in [6.07, 6.45) is 0. The highest BCUT2D eigenvalue weighted by atomic mass is 32.2. The summed E-state index contributed by atoms with van der Waals surface area (Å²) in [7, 11) is 0. The van der Waals surface area contributed by atoms with Gasteiger partial charge < -0.3 is 5.32 Å². The molecule has 0 aliphatic heterocycles. The van der Waals surface area contributed by atoms with E-state index in [9.17, 15) is 13.6 Å². The quantitative estimate of drug-likeness (QED) is 0.538. The molecule has 0 fully saturated rings. The number of thioether (sulfide) groups is 1. The molecule has 0 radical (unpaired) electrons. The van der Waals surface area contributed by atoms with Crippen molar-refractivity contribution in [3.63, 3.8) is 0 Å². The molecule has 0 aliphatic carbocycles. The summed E-state index contributed by atoms with van der Waals surface area (Å²) in [6.45, 7) is 0. The molecule has 0 saturated heterocycles. The fourth-order valence-electron chi connectivity index (χ4n) is 2.18. The molecule has 1 N–H and O–H groups in total. The van der Waals surface area contributed by atoms with E-state index in [-0.39, 0.29) is 11.7 Å². The van der Waals surface area contributed by atoms with Crippen LogP contribution < -0.4 is 5.32 Å². The molecule has 6 heteroatoms. The molecule has 2 nitrogen and oxygen atoms in total. The number of benzene rings is 3. The maximum absolute atomic E-state index is 13.2. The molecule has 1 amide bonds. The number of hydrogen-bond donors (Lipinski definition) is 1. The minimum atomic E-state index is -0.917. The third-order valence-corrected chi connectivity index (χ3v) is 5.47. The van der Waals surface area contributed by atoms with E-state index >= 15 is 0 Å². The van der Waals surface area contributed by atoms with Crippen molar-refractivity contribution < 1.29 is 13.6 Å². The van der Waals surface area contributed by atoms with Gasteiger partial charge in [-0.25, -0.2) is 8.78 Å². The SMILES string of the molecule is O=C(CSc1ccc(F)c(F)c1)Nc1ccccc1Sc1ccccc1. The van der Waals surface area contributed by atoms with Crippen molar-refractivity contribution in [1.29, 1.82) is 0 Å². The van der Waals surface area contributed by atoms with Crippen molar-refractivity contribution in [2.45, 2.75) is 14.7 Å². The van der Waals surface area contributed by atoms with Gasteiger partial charge in [0.2, 0.25) is 5.91 Å². The topological polar surface area (TPSA) is 29.1 Å². The van der Waals surface area contributed by atoms with Gasteiger partial charge in [-0.05, 0) is 42.5 Å². The zero-order valence-electron chi connectivity index (χ0n) is 13.6. The molecule has 0 atom stereocenters. The largest absolute Gasteiger partial charge is 0.324 e. The number of rotatable bonds is 6. The van der Waals surface area contributed by atoms with E-state index in [0.29, 0.717) is 4.90 Å². The first-order chi connectivity index (χ1) is 12.6. The van der Waals surface area contributed by atoms with Crippen LogP contribution in [0.4, 0.5) is 14.5 Å². The molecule has 0 spiro atoms. The number of halogens is 2. The van der Waals surface area contributed by atoms with Crippen LogP contribution in [0.5, 0.6) is 0 Å². The van der Waals surface area contributed by atoms with Gasteiger partial charge in [0, 0.05) is 14.7 Å². The maximum Gasteiger partial charge on any atom is 0.234 e. The van der Waals surface area contributed by atoms with Gasteiger partial charge >= 0.3 is 0 Å². The van der Waals surface area contributed by atoms with Gasteiger partial charge in [-0.3, -0.25) is 4.79 Å². The Labute approximate surface area is 159 Å². The maximum atomic E-state index is 13.2. The average molecular weight is 387 g/mol. The minimum Gasteiger partial charge on any atom is -0.324 e. The number of hydrogen-bond acceptors (Lipinski definition) is 3. The van der Waals surface area contributed by atoms with Gasteiger partial charge in [0.1, 0.15) is 0 Å². The Balaban J connectivity index is 1.63. The van der Waals surface area contributed by atoms with Gasteiger partial charge in [-0.2, -0.15) is 0 Å². The van der Waals surface area contributed by atoms with Crippen LogP contribution >= 0.6 is 23.5 Å². The molecule has 0 aliphatic rings. The predicted octanol–water partition coefficient (Wildman–Crippen LogP) is 5.85. The summed E-state index contributed by atoms with van der Waals surface area (Å²) >= 11 is 2.72. The molecule has 3 aromatic rings. The first-order valence-electron chi connectivity index (χ1n) is 7.81. The number of carbonyl (C=O) groups is 1. The Morgan fingerprint density at radius 1 is 0.846 bits per heavy atom. The van der Waals surface area contributed by atoms with Crippen molar-refractivity contribution in [3.8, 4) is 0 Å². The standard InChI is InChI=1S/C20H15F2NOS2/c21-16-11-10-15(12-17(16)22)25-13-20(24)23-18-8-4-5-9-19(18)26-14-6-2-1-3-7-14/h1-12H,13H2,(H,23,24). The van der Waals surface area contributed by atoms with Crippen molar-refractivity contribution in [2.24, 2.45) is 0 Å². The molecule has 26 heavy (non-hydrogen) atoms. The zero-order chi connectivity index (χ0) is 18.4. The number of amides is 1. The number of carbonyl (C=O) groups excluding carboxylic acids is 1. The summed E-state index contributed by atoms with van der Waals surface area (Å²) in [6, 6.07) is 21.0. The Morgan fingerprint density at radius 3 is 2.35 bits per heavy atom. The van der Waals surface area contributed by atoms with Crippen LogP contribution in [-0.2, 0) is 4.79 Å². The highest BCUT2D eigenvalue weighted by molar-refractivity contribution is 8.00. The summed E-state index contributed by atoms with van der Waals surface area (Å²) in [4.78, 5) is 14.7. The fourth-order valence-corrected chi connectivity index (χ4v) is 3.82. The van der Waals surface area contributed by atoms with Crippen molar-refractivity contribution >= 4 is 35.1 Å². The summed E-state index contributed by atoms with van der Waals surface area (Å²) < 4.78 is 26.2. The molecule has 132 valence electrons. The third-order valence-electron chi connectivity index (χ3n) is 3.39. The van der Waals surface area contributed by atoms with E-state index in [1.807, 2.05) is 54.6 Å². The van der Waals surface area contributed by atoms with Gasteiger partial charge in [0.05, 0.1) is 11.4 Å². The second-order valence-corrected chi connectivity index (χ2v) is 7.49. The van der Waals surface area contributed by atoms with E-state index in [4.69, 9.17) is 0 Å². The van der Waals surface area contributed by atoms with Crippen LogP contribution in [-0.4, -0.2) is 11.7 Å². The van der Waals surface area contributed by atoms with Gasteiger partial charge in [-0.15, -0.1) is 11.8 Å². The van der Waals surface area contributed by atoms with Gasteiger partial charge in [0.15, 0.2) is 11.6 Å². The second kappa shape index (κ2) is 8.87. The van der Waals surface area contributed by atoms with Crippen molar-refractivity contribution in [2.75, 3.05) is 11.1 Å². The lowest BCUT2D eigenvalue weighted by molar-refractivity contribution is -0.113. The fraction of sp³-hybridized carbons (Fsp3) is 0.0500. The predicted molar refractivity (Wildman–Crippen MR) is 103 cm³/mol. The van der Waals surface area contributed by atoms with Crippen molar-refractivity contribution in [3.05, 3.63) is 84.4 Å². The normalized spacial score (nSPS) is 10.5. The van der Waals surface area contributed by atoms with E-state index in [1.54, 1.807) is 11.8 Å². The summed E-state index contributed by atoms with van der Waals surface area (Å²) in [5.74, 6) is -1.92. The molecule has 0 heterocycles. The lowest BCUT2D eigenvalue weighted by atomic mass is 10.3. The third kappa shape index (κ3) is 5.09. The van der Waals surface area contributed by atoms with E-state index in [2.05, 4.69) is 5.32 Å². The monoisotopic (exact) mass is 387 g/mol. The first-order valence-corrected chi connectivity index (χ1v) is 9.61. The van der Waals surface area contributed by atoms with Crippen LogP contribution in [0.15, 0.2) is 87.5 Å². The lowest BCUT2D eigenvalue weighted by Gasteiger charge is -2.11. The molecule has 3 rings (SSSR count). The molecular weight excluding hydrogens is 372 g/mol. The molecule has 0 saturated carbocycles. The van der Waals surface area contributed by atoms with Gasteiger partial charge in [0.25, 0.3) is 0 Å². The summed E-state index contributed by atoms with van der Waals surface area (Å²) in [5.41, 5.74) is 0.720. The Hall–Kier alpha value is -2.31. The second-order valence-electron chi connectivity index (χ2n) is 5.32. The number of anilines is 1. The highest BCUT2D eigenvalue weighted by Crippen LogP contribution is 2.33. The molecule has 0 bridgehead atoms. The molecule has 3 aromatic carbocycles. The molecule has 0 aromatic heterocycles. The lowest BCUT2D eigenvalue weighted by Crippen LogP contribution is -2.14. The Bertz CT molecular complexity index is 903. The first kappa shape index (κ1) is 18.5. The number of nitrogens with one attached hydrogen (secondary N) is 1. The Kier molecular flexibility index (Phi) is 6.30. The van der Waals surface area contributed by atoms with Gasteiger partial charge in [-0.1, -0.05) is 42.1 Å². The number of para-hydroxylation sites is 1. The van der Waals surface area contributed by atoms with Crippen LogP contribution in [0.25, 0.3) is 0 Å². The van der Waals surface area contributed by atoms with Crippen molar-refractivity contribution in [1.82, 2.24) is 0 Å². The Morgan fingerprint density at radius 2 is 1.58 bits per heavy atom. The average Bonchev–Trinajstić information content (AvgIpc) is 2.65. The van der Waals surface area contributed by atoms with E-state index < -0.39 is 11.6 Å². The molecule has 0 unspecified atom stereocenters. The van der Waals surface area contributed by atoms with E-state index in [0.717, 1.165) is 39.4 Å². The van der Waals surface area contributed by atoms with Crippen LogP contribution in [0, 0.1) is 11.6 Å². The highest BCUT2D eigenvalue weighted by Gasteiger charge is 2.10.